The van der Waals surface area contributed by atoms with E-state index in [-0.39, 0.29) is 0 Å². The highest BCUT2D eigenvalue weighted by Gasteiger charge is 2.13. The summed E-state index contributed by atoms with van der Waals surface area (Å²) in [6.07, 6.45) is 3.87. The van der Waals surface area contributed by atoms with Crippen molar-refractivity contribution in [3.8, 4) is 0 Å². The number of nitrogens with one attached hydrogen (secondary N) is 2. The van der Waals surface area contributed by atoms with E-state index in [0.717, 1.165) is 35.7 Å². The fourth-order valence-corrected chi connectivity index (χ4v) is 2.97. The first-order valence-electron chi connectivity index (χ1n) is 8.71. The van der Waals surface area contributed by atoms with E-state index in [2.05, 4.69) is 46.8 Å². The Balaban J connectivity index is 1.62. The number of hydrogen-bond donors (Lipinski definition) is 2. The molecule has 0 fully saturated rings. The Bertz CT molecular complexity index is 881. The molecule has 0 saturated carbocycles. The quantitative estimate of drug-likeness (QED) is 0.654. The Morgan fingerprint density at radius 2 is 1.92 bits per heavy atom. The number of hydrogen-bond acceptors (Lipinski definition) is 3. The highest BCUT2D eigenvalue weighted by Crippen LogP contribution is 2.20. The van der Waals surface area contributed by atoms with Crippen molar-refractivity contribution < 1.29 is 0 Å². The van der Waals surface area contributed by atoms with Crippen LogP contribution in [0.2, 0.25) is 0 Å². The van der Waals surface area contributed by atoms with Crippen LogP contribution < -0.4 is 10.6 Å². The molecule has 0 unspecified atom stereocenters. The van der Waals surface area contributed by atoms with Gasteiger partial charge in [-0.1, -0.05) is 30.3 Å². The van der Waals surface area contributed by atoms with Crippen molar-refractivity contribution in [3.05, 3.63) is 65.2 Å². The van der Waals surface area contributed by atoms with E-state index in [0.29, 0.717) is 11.7 Å². The Kier molecular flexibility index (Phi) is 5.68. The van der Waals surface area contributed by atoms with Gasteiger partial charge in [-0.2, -0.15) is 10.2 Å². The van der Waals surface area contributed by atoms with Crippen molar-refractivity contribution in [1.29, 1.82) is 0 Å². The van der Waals surface area contributed by atoms with Gasteiger partial charge in [0.15, 0.2) is 5.11 Å². The molecule has 0 amide bonds. The van der Waals surface area contributed by atoms with E-state index < -0.39 is 0 Å². The molecule has 0 atom stereocenters. The van der Waals surface area contributed by atoms with E-state index in [4.69, 9.17) is 12.2 Å². The van der Waals surface area contributed by atoms with Gasteiger partial charge in [0.05, 0.1) is 29.8 Å². The molecule has 2 aromatic heterocycles. The van der Waals surface area contributed by atoms with Crippen LogP contribution in [0.1, 0.15) is 29.4 Å². The number of thiocarbonyl (C=S) groups is 1. The Morgan fingerprint density at radius 1 is 1.15 bits per heavy atom. The van der Waals surface area contributed by atoms with Gasteiger partial charge in [-0.3, -0.25) is 9.36 Å². The minimum Gasteiger partial charge on any atom is -0.358 e. The fourth-order valence-electron chi connectivity index (χ4n) is 2.80. The summed E-state index contributed by atoms with van der Waals surface area (Å²) >= 11 is 5.44. The van der Waals surface area contributed by atoms with Crippen LogP contribution in [-0.4, -0.2) is 24.7 Å². The average molecular weight is 369 g/mol. The molecule has 3 rings (SSSR count). The molecule has 0 radical (unpaired) electrons. The summed E-state index contributed by atoms with van der Waals surface area (Å²) in [6.45, 7) is 8.36. The molecule has 0 aliphatic rings. The first kappa shape index (κ1) is 18.1. The molecule has 1 aromatic carbocycles. The number of nitrogens with zero attached hydrogens (tertiary/aromatic N) is 4. The summed E-state index contributed by atoms with van der Waals surface area (Å²) in [4.78, 5) is 0. The zero-order chi connectivity index (χ0) is 18.5. The number of aromatic nitrogens is 4. The lowest BCUT2D eigenvalue weighted by Crippen LogP contribution is -2.28. The third kappa shape index (κ3) is 4.29. The molecule has 3 aromatic rings. The summed E-state index contributed by atoms with van der Waals surface area (Å²) in [5.74, 6) is 0. The van der Waals surface area contributed by atoms with Gasteiger partial charge < -0.3 is 10.6 Å². The van der Waals surface area contributed by atoms with Crippen LogP contribution >= 0.6 is 12.2 Å². The molecule has 2 heterocycles. The van der Waals surface area contributed by atoms with Crippen molar-refractivity contribution in [3.63, 3.8) is 0 Å². The molecule has 0 spiro atoms. The zero-order valence-corrected chi connectivity index (χ0v) is 16.2. The van der Waals surface area contributed by atoms with E-state index in [1.54, 1.807) is 0 Å². The average Bonchev–Trinajstić information content (AvgIpc) is 3.21. The second-order valence-electron chi connectivity index (χ2n) is 6.20. The smallest absolute Gasteiger partial charge is 0.171 e. The topological polar surface area (TPSA) is 59.7 Å². The Morgan fingerprint density at radius 3 is 2.62 bits per heavy atom. The maximum Gasteiger partial charge on any atom is 0.171 e. The van der Waals surface area contributed by atoms with E-state index >= 15 is 0 Å². The third-order valence-corrected chi connectivity index (χ3v) is 4.51. The van der Waals surface area contributed by atoms with Crippen LogP contribution in [0.4, 0.5) is 5.69 Å². The highest BCUT2D eigenvalue weighted by atomic mass is 32.1. The minimum atomic E-state index is 0.583. The van der Waals surface area contributed by atoms with Crippen LogP contribution in [-0.2, 0) is 19.6 Å². The van der Waals surface area contributed by atoms with Gasteiger partial charge in [-0.25, -0.2) is 0 Å². The summed E-state index contributed by atoms with van der Waals surface area (Å²) in [6, 6.07) is 10.3. The molecule has 0 aliphatic heterocycles. The molecular weight excluding hydrogens is 344 g/mol. The summed E-state index contributed by atoms with van der Waals surface area (Å²) < 4.78 is 3.90. The van der Waals surface area contributed by atoms with Crippen LogP contribution in [0.15, 0.2) is 42.7 Å². The lowest BCUT2D eigenvalue weighted by Gasteiger charge is -2.10. The molecule has 136 valence electrons. The molecule has 7 heteroatoms. The van der Waals surface area contributed by atoms with Crippen LogP contribution in [0.3, 0.4) is 0 Å². The van der Waals surface area contributed by atoms with Crippen molar-refractivity contribution >= 4 is 23.0 Å². The Hall–Kier alpha value is -2.67. The largest absolute Gasteiger partial charge is 0.358 e. The van der Waals surface area contributed by atoms with Gasteiger partial charge in [-0.15, -0.1) is 0 Å². The number of aryl methyl sites for hydroxylation is 2. The minimum absolute atomic E-state index is 0.583. The molecule has 26 heavy (non-hydrogen) atoms. The van der Waals surface area contributed by atoms with Crippen molar-refractivity contribution in [1.82, 2.24) is 24.9 Å². The number of anilines is 1. The monoisotopic (exact) mass is 368 g/mol. The van der Waals surface area contributed by atoms with E-state index in [1.165, 1.54) is 5.56 Å². The van der Waals surface area contributed by atoms with Crippen molar-refractivity contribution in [2.45, 2.75) is 40.4 Å². The normalized spacial score (nSPS) is 10.7. The number of rotatable bonds is 6. The standard InChI is InChI=1S/C19H24N6S/c1-4-24-12-17(11-21-24)10-20-19(26)22-18-14(2)23-25(15(18)3)13-16-8-6-5-7-9-16/h5-9,11-12H,4,10,13H2,1-3H3,(H2,20,22,26). The lowest BCUT2D eigenvalue weighted by molar-refractivity contribution is 0.659. The molecule has 0 saturated heterocycles. The van der Waals surface area contributed by atoms with Gasteiger partial charge >= 0.3 is 0 Å². The van der Waals surface area contributed by atoms with Gasteiger partial charge in [0, 0.05) is 24.8 Å². The maximum absolute atomic E-state index is 5.44. The summed E-state index contributed by atoms with van der Waals surface area (Å²) in [7, 11) is 0. The molecule has 6 nitrogen and oxygen atoms in total. The lowest BCUT2D eigenvalue weighted by atomic mass is 10.2. The van der Waals surface area contributed by atoms with Crippen LogP contribution in [0.5, 0.6) is 0 Å². The van der Waals surface area contributed by atoms with Crippen molar-refractivity contribution in [2.24, 2.45) is 0 Å². The molecule has 0 aliphatic carbocycles. The van der Waals surface area contributed by atoms with Gasteiger partial charge in [0.1, 0.15) is 0 Å². The van der Waals surface area contributed by atoms with E-state index in [9.17, 15) is 0 Å². The molecular formula is C19H24N6S. The number of benzene rings is 1. The van der Waals surface area contributed by atoms with Gasteiger partial charge in [0.25, 0.3) is 0 Å². The zero-order valence-electron chi connectivity index (χ0n) is 15.4. The SMILES string of the molecule is CCn1cc(CNC(=S)Nc2c(C)nn(Cc3ccccc3)c2C)cn1. The van der Waals surface area contributed by atoms with Gasteiger partial charge in [-0.05, 0) is 38.6 Å². The predicted octanol–water partition coefficient (Wildman–Crippen LogP) is 3.25. The first-order valence-corrected chi connectivity index (χ1v) is 9.11. The van der Waals surface area contributed by atoms with E-state index in [1.807, 2.05) is 46.9 Å². The second kappa shape index (κ2) is 8.14. The first-order chi connectivity index (χ1) is 12.6. The highest BCUT2D eigenvalue weighted by molar-refractivity contribution is 7.80. The summed E-state index contributed by atoms with van der Waals surface area (Å²) in [5, 5.41) is 16.0. The predicted molar refractivity (Wildman–Crippen MR) is 108 cm³/mol. The van der Waals surface area contributed by atoms with Crippen LogP contribution in [0, 0.1) is 13.8 Å². The second-order valence-corrected chi connectivity index (χ2v) is 6.61. The molecule has 2 N–H and O–H groups in total. The summed E-state index contributed by atoms with van der Waals surface area (Å²) in [5.41, 5.74) is 5.28. The van der Waals surface area contributed by atoms with Gasteiger partial charge in [0.2, 0.25) is 0 Å². The molecule has 0 bridgehead atoms. The van der Waals surface area contributed by atoms with Crippen LogP contribution in [0.25, 0.3) is 0 Å². The fraction of sp³-hybridized carbons (Fsp3) is 0.316. The maximum atomic E-state index is 5.44. The third-order valence-electron chi connectivity index (χ3n) is 4.26. The Labute approximate surface area is 159 Å². The van der Waals surface area contributed by atoms with Crippen molar-refractivity contribution in [2.75, 3.05) is 5.32 Å².